The molecular formula is C15H19FN2O2S2. The number of hydrogen-bond donors (Lipinski definition) is 1. The predicted molar refractivity (Wildman–Crippen MR) is 87.1 cm³/mol. The summed E-state index contributed by atoms with van der Waals surface area (Å²) < 4.78 is 41.0. The van der Waals surface area contributed by atoms with E-state index in [2.05, 4.69) is 4.72 Å². The van der Waals surface area contributed by atoms with Gasteiger partial charge in [-0.1, -0.05) is 12.1 Å². The molecule has 1 heterocycles. The van der Waals surface area contributed by atoms with Gasteiger partial charge in [-0.3, -0.25) is 0 Å². The lowest BCUT2D eigenvalue weighted by atomic mass is 10.2. The third-order valence-corrected chi connectivity index (χ3v) is 5.75. The molecule has 0 fully saturated rings. The van der Waals surface area contributed by atoms with Crippen molar-refractivity contribution >= 4 is 21.4 Å². The number of aryl methyl sites for hydroxylation is 1. The zero-order chi connectivity index (χ0) is 16.3. The number of halogens is 1. The number of thiophene rings is 1. The number of nitrogens with zero attached hydrogens (tertiary/aromatic N) is 1. The molecule has 1 N–H and O–H groups in total. The summed E-state index contributed by atoms with van der Waals surface area (Å²) in [7, 11) is -0.118. The normalized spacial score (nSPS) is 13.5. The Hall–Kier alpha value is -1.28. The molecule has 1 aromatic carbocycles. The number of nitrogens with one attached hydrogen (secondary N) is 1. The Bertz CT molecular complexity index is 728. The topological polar surface area (TPSA) is 49.4 Å². The number of sulfonamides is 1. The van der Waals surface area contributed by atoms with E-state index >= 15 is 0 Å². The molecule has 0 saturated heterocycles. The van der Waals surface area contributed by atoms with E-state index in [1.807, 2.05) is 36.5 Å². The average molecular weight is 342 g/mol. The van der Waals surface area contributed by atoms with Crippen LogP contribution in [0.15, 0.2) is 40.6 Å². The first kappa shape index (κ1) is 17.1. The monoisotopic (exact) mass is 342 g/mol. The number of hydrogen-bond acceptors (Lipinski definition) is 4. The SMILES string of the molecule is Cc1ccc(F)c(S(=O)(=O)NC[C@H](c2cccs2)N(C)C)c1. The minimum absolute atomic E-state index is 0.0948. The van der Waals surface area contributed by atoms with Crippen LogP contribution in [0.25, 0.3) is 0 Å². The Morgan fingerprint density at radius 2 is 2.05 bits per heavy atom. The first-order valence-electron chi connectivity index (χ1n) is 6.77. The Morgan fingerprint density at radius 3 is 2.64 bits per heavy atom. The van der Waals surface area contributed by atoms with Gasteiger partial charge in [0, 0.05) is 11.4 Å². The van der Waals surface area contributed by atoms with Crippen molar-refractivity contribution in [2.75, 3.05) is 20.6 Å². The van der Waals surface area contributed by atoms with Gasteiger partial charge in [-0.05, 0) is 50.2 Å². The Labute approximate surface area is 134 Å². The Balaban J connectivity index is 2.20. The predicted octanol–water partition coefficient (Wildman–Crippen LogP) is 2.78. The molecular weight excluding hydrogens is 323 g/mol. The van der Waals surface area contributed by atoms with Crippen LogP contribution in [0, 0.1) is 12.7 Å². The van der Waals surface area contributed by atoms with E-state index < -0.39 is 15.8 Å². The third-order valence-electron chi connectivity index (χ3n) is 3.34. The van der Waals surface area contributed by atoms with Crippen LogP contribution in [0.1, 0.15) is 16.5 Å². The van der Waals surface area contributed by atoms with Crippen LogP contribution in [0.5, 0.6) is 0 Å². The molecule has 2 rings (SSSR count). The second-order valence-electron chi connectivity index (χ2n) is 5.28. The molecule has 7 heteroatoms. The quantitative estimate of drug-likeness (QED) is 0.878. The maximum absolute atomic E-state index is 13.8. The molecule has 0 spiro atoms. The van der Waals surface area contributed by atoms with E-state index in [1.54, 1.807) is 24.3 Å². The molecule has 0 radical (unpaired) electrons. The van der Waals surface area contributed by atoms with Gasteiger partial charge in [-0.2, -0.15) is 0 Å². The molecule has 120 valence electrons. The van der Waals surface area contributed by atoms with Crippen molar-refractivity contribution in [3.05, 3.63) is 52.0 Å². The fourth-order valence-corrected chi connectivity index (χ4v) is 4.22. The number of benzene rings is 1. The van der Waals surface area contributed by atoms with Gasteiger partial charge < -0.3 is 4.90 Å². The summed E-state index contributed by atoms with van der Waals surface area (Å²) in [6, 6.07) is 7.84. The van der Waals surface area contributed by atoms with Crippen molar-refractivity contribution < 1.29 is 12.8 Å². The largest absolute Gasteiger partial charge is 0.300 e. The van der Waals surface area contributed by atoms with Gasteiger partial charge in [0.1, 0.15) is 10.7 Å². The van der Waals surface area contributed by atoms with E-state index in [-0.39, 0.29) is 17.5 Å². The fraction of sp³-hybridized carbons (Fsp3) is 0.333. The summed E-state index contributed by atoms with van der Waals surface area (Å²) in [6.45, 7) is 1.91. The van der Waals surface area contributed by atoms with Crippen LogP contribution in [-0.4, -0.2) is 34.0 Å². The van der Waals surface area contributed by atoms with Gasteiger partial charge in [0.15, 0.2) is 0 Å². The molecule has 0 unspecified atom stereocenters. The highest BCUT2D eigenvalue weighted by atomic mass is 32.2. The van der Waals surface area contributed by atoms with Crippen LogP contribution in [0.3, 0.4) is 0 Å². The fourth-order valence-electron chi connectivity index (χ4n) is 2.10. The minimum Gasteiger partial charge on any atom is -0.300 e. The summed E-state index contributed by atoms with van der Waals surface area (Å²) in [5.74, 6) is -0.740. The molecule has 0 saturated carbocycles. The van der Waals surface area contributed by atoms with Gasteiger partial charge in [0.25, 0.3) is 0 Å². The maximum atomic E-state index is 13.8. The molecule has 0 aliphatic rings. The average Bonchev–Trinajstić information content (AvgIpc) is 2.95. The van der Waals surface area contributed by atoms with Crippen LogP contribution in [0.4, 0.5) is 4.39 Å². The van der Waals surface area contributed by atoms with E-state index in [1.165, 1.54) is 12.1 Å². The van der Waals surface area contributed by atoms with Crippen LogP contribution in [-0.2, 0) is 10.0 Å². The summed E-state index contributed by atoms with van der Waals surface area (Å²) in [4.78, 5) is 2.68. The highest BCUT2D eigenvalue weighted by Crippen LogP contribution is 2.23. The molecule has 0 aliphatic carbocycles. The molecule has 2 aromatic rings. The standard InChI is InChI=1S/C15H19FN2O2S2/c1-11-6-7-12(16)15(9-11)22(19,20)17-10-13(18(2)3)14-5-4-8-21-14/h4-9,13,17H,10H2,1-3H3/t13-/m1/s1. The van der Waals surface area contributed by atoms with Gasteiger partial charge >= 0.3 is 0 Å². The minimum atomic E-state index is -3.88. The highest BCUT2D eigenvalue weighted by molar-refractivity contribution is 7.89. The first-order valence-corrected chi connectivity index (χ1v) is 9.13. The van der Waals surface area contributed by atoms with Crippen LogP contribution in [0.2, 0.25) is 0 Å². The van der Waals surface area contributed by atoms with Gasteiger partial charge in [0.05, 0.1) is 6.04 Å². The van der Waals surface area contributed by atoms with Gasteiger partial charge in [-0.25, -0.2) is 17.5 Å². The van der Waals surface area contributed by atoms with Crippen molar-refractivity contribution in [2.45, 2.75) is 17.9 Å². The Kier molecular flexibility index (Phi) is 5.33. The van der Waals surface area contributed by atoms with E-state index in [4.69, 9.17) is 0 Å². The first-order chi connectivity index (χ1) is 10.3. The van der Waals surface area contributed by atoms with E-state index in [0.29, 0.717) is 5.56 Å². The van der Waals surface area contributed by atoms with Crippen molar-refractivity contribution in [3.8, 4) is 0 Å². The smallest absolute Gasteiger partial charge is 0.243 e. The van der Waals surface area contributed by atoms with E-state index in [9.17, 15) is 12.8 Å². The van der Waals surface area contributed by atoms with Gasteiger partial charge in [-0.15, -0.1) is 11.3 Å². The molecule has 22 heavy (non-hydrogen) atoms. The van der Waals surface area contributed by atoms with Crippen molar-refractivity contribution in [1.82, 2.24) is 9.62 Å². The zero-order valence-electron chi connectivity index (χ0n) is 12.7. The number of rotatable bonds is 6. The van der Waals surface area contributed by atoms with Crippen molar-refractivity contribution in [1.29, 1.82) is 0 Å². The van der Waals surface area contributed by atoms with E-state index in [0.717, 1.165) is 4.88 Å². The molecule has 0 bridgehead atoms. The van der Waals surface area contributed by atoms with Crippen molar-refractivity contribution in [2.24, 2.45) is 0 Å². The number of likely N-dealkylation sites (N-methyl/N-ethyl adjacent to an activating group) is 1. The lowest BCUT2D eigenvalue weighted by molar-refractivity contribution is 0.303. The lowest BCUT2D eigenvalue weighted by Crippen LogP contribution is -2.34. The second-order valence-corrected chi connectivity index (χ2v) is 8.00. The molecule has 1 aromatic heterocycles. The summed E-state index contributed by atoms with van der Waals surface area (Å²) in [5.41, 5.74) is 0.698. The Morgan fingerprint density at radius 1 is 1.32 bits per heavy atom. The molecule has 4 nitrogen and oxygen atoms in total. The summed E-state index contributed by atoms with van der Waals surface area (Å²) in [6.07, 6.45) is 0. The maximum Gasteiger partial charge on any atom is 0.243 e. The zero-order valence-corrected chi connectivity index (χ0v) is 14.3. The van der Waals surface area contributed by atoms with Crippen molar-refractivity contribution in [3.63, 3.8) is 0 Å². The molecule has 1 atom stereocenters. The third kappa shape index (κ3) is 3.92. The van der Waals surface area contributed by atoms with Gasteiger partial charge in [0.2, 0.25) is 10.0 Å². The lowest BCUT2D eigenvalue weighted by Gasteiger charge is -2.23. The summed E-state index contributed by atoms with van der Waals surface area (Å²) in [5, 5.41) is 1.94. The summed E-state index contributed by atoms with van der Waals surface area (Å²) >= 11 is 1.56. The van der Waals surface area contributed by atoms with Crippen LogP contribution >= 0.6 is 11.3 Å². The highest BCUT2D eigenvalue weighted by Gasteiger charge is 2.22. The molecule has 0 aliphatic heterocycles. The molecule has 0 amide bonds. The second kappa shape index (κ2) is 6.87. The van der Waals surface area contributed by atoms with Crippen LogP contribution < -0.4 is 4.72 Å².